The molecule has 5 atom stereocenters. The molecule has 0 saturated carbocycles. The molecule has 2 aromatic carbocycles. The van der Waals surface area contributed by atoms with Gasteiger partial charge in [-0.25, -0.2) is 0 Å². The molecule has 3 aliphatic heterocycles. The largest absolute Gasteiger partial charge is 0.388 e. The van der Waals surface area contributed by atoms with Crippen LogP contribution in [0.1, 0.15) is 11.1 Å². The fourth-order valence-corrected chi connectivity index (χ4v) is 7.99. The molecular formula is C24H24N4O3S2. The number of carbonyl (C=O) groups is 2. The highest BCUT2D eigenvalue weighted by molar-refractivity contribution is 8.01. The van der Waals surface area contributed by atoms with E-state index in [1.807, 2.05) is 61.0 Å². The first-order valence-electron chi connectivity index (χ1n) is 10.7. The molecule has 9 heteroatoms. The standard InChI is InChI=1S/C24H24N4O3S2/c1-27-19(32-2)18(29)28-21-23(14-9-5-7-11-17(14)26-21,20(30)24(28,33-3)22(27)31)15-12-25-16-10-6-4-8-13(15)16/h4-12,19-21,25-26,30H,1-3H3/t19-,20-,21+,23+,24-/m0/s1. The molecule has 2 fully saturated rings. The highest BCUT2D eigenvalue weighted by Gasteiger charge is 2.77. The van der Waals surface area contributed by atoms with Crippen molar-refractivity contribution in [1.29, 1.82) is 0 Å². The van der Waals surface area contributed by atoms with Gasteiger partial charge in [-0.3, -0.25) is 14.5 Å². The van der Waals surface area contributed by atoms with Crippen molar-refractivity contribution < 1.29 is 14.7 Å². The van der Waals surface area contributed by atoms with Gasteiger partial charge in [0.25, 0.3) is 11.8 Å². The maximum atomic E-state index is 13.9. The molecule has 0 unspecified atom stereocenters. The molecule has 3 aromatic rings. The number of nitrogens with one attached hydrogen (secondary N) is 2. The van der Waals surface area contributed by atoms with E-state index in [1.54, 1.807) is 18.2 Å². The van der Waals surface area contributed by atoms with Gasteiger partial charge in [0.15, 0.2) is 10.2 Å². The quantitative estimate of drug-likeness (QED) is 0.534. The SMILES string of the molecule is CS[C@H]1C(=O)N2[C@H]3Nc4ccccc4[C@@]3(c3c[nH]c4ccccc34)[C@H](O)[C@]2(SC)C(=O)N1C. The Bertz CT molecular complexity index is 1310. The highest BCUT2D eigenvalue weighted by Crippen LogP contribution is 2.62. The second-order valence-corrected chi connectivity index (χ2v) is 10.7. The third kappa shape index (κ3) is 2.23. The molecule has 3 N–H and O–H groups in total. The molecule has 0 radical (unpaired) electrons. The number of H-pyrrole nitrogens is 1. The van der Waals surface area contributed by atoms with Crippen LogP contribution in [0.3, 0.4) is 0 Å². The van der Waals surface area contributed by atoms with Gasteiger partial charge in [-0.1, -0.05) is 36.4 Å². The Balaban J connectivity index is 1.71. The molecule has 33 heavy (non-hydrogen) atoms. The lowest BCUT2D eigenvalue weighted by Crippen LogP contribution is -2.70. The van der Waals surface area contributed by atoms with E-state index in [0.717, 1.165) is 27.7 Å². The number of anilines is 1. The number of para-hydroxylation sites is 2. The summed E-state index contributed by atoms with van der Waals surface area (Å²) in [6.07, 6.45) is 3.75. The minimum absolute atomic E-state index is 0.176. The topological polar surface area (TPSA) is 88.7 Å². The zero-order chi connectivity index (χ0) is 23.1. The number of aromatic nitrogens is 1. The normalized spacial score (nSPS) is 32.7. The first-order chi connectivity index (χ1) is 15.9. The Morgan fingerprint density at radius 1 is 1.03 bits per heavy atom. The zero-order valence-corrected chi connectivity index (χ0v) is 20.0. The van der Waals surface area contributed by atoms with Crippen molar-refractivity contribution >= 4 is 51.9 Å². The fourth-order valence-electron chi connectivity index (χ4n) is 6.14. The van der Waals surface area contributed by atoms with Crippen molar-refractivity contribution in [3.8, 4) is 0 Å². The minimum atomic E-state index is -1.44. The number of likely N-dealkylation sites (N-methyl/N-ethyl adjacent to an activating group) is 1. The molecular weight excluding hydrogens is 456 g/mol. The summed E-state index contributed by atoms with van der Waals surface area (Å²) < 4.78 is 0. The first kappa shape index (κ1) is 20.9. The lowest BCUT2D eigenvalue weighted by molar-refractivity contribution is -0.160. The number of thioether (sulfide) groups is 2. The first-order valence-corrected chi connectivity index (χ1v) is 13.2. The Kier molecular flexibility index (Phi) is 4.41. The van der Waals surface area contributed by atoms with Gasteiger partial charge in [-0.15, -0.1) is 23.5 Å². The third-order valence-corrected chi connectivity index (χ3v) is 9.69. The van der Waals surface area contributed by atoms with Gasteiger partial charge in [-0.05, 0) is 35.8 Å². The summed E-state index contributed by atoms with van der Waals surface area (Å²) >= 11 is 2.57. The molecule has 3 aliphatic rings. The lowest BCUT2D eigenvalue weighted by atomic mass is 9.70. The predicted octanol–water partition coefficient (Wildman–Crippen LogP) is 2.63. The molecule has 0 bridgehead atoms. The van der Waals surface area contributed by atoms with Crippen LogP contribution in [0, 0.1) is 0 Å². The molecule has 0 aliphatic carbocycles. The van der Waals surface area contributed by atoms with Gasteiger partial charge in [0.2, 0.25) is 0 Å². The summed E-state index contributed by atoms with van der Waals surface area (Å²) in [5, 5.41) is 16.2. The van der Waals surface area contributed by atoms with E-state index in [4.69, 9.17) is 0 Å². The van der Waals surface area contributed by atoms with Crippen LogP contribution in [0.15, 0.2) is 54.7 Å². The third-order valence-electron chi connectivity index (χ3n) is 7.51. The predicted molar refractivity (Wildman–Crippen MR) is 132 cm³/mol. The molecule has 170 valence electrons. The van der Waals surface area contributed by atoms with Crippen LogP contribution in [-0.2, 0) is 15.0 Å². The van der Waals surface area contributed by atoms with Crippen LogP contribution in [-0.4, -0.2) is 73.8 Å². The monoisotopic (exact) mass is 480 g/mol. The number of aliphatic hydroxyl groups is 1. The number of nitrogens with zero attached hydrogens (tertiary/aromatic N) is 2. The van der Waals surface area contributed by atoms with Crippen LogP contribution in [0.5, 0.6) is 0 Å². The number of rotatable bonds is 3. The molecule has 1 aromatic heterocycles. The number of aliphatic hydroxyl groups excluding tert-OH is 1. The number of piperazine rings is 1. The molecule has 6 rings (SSSR count). The molecule has 4 heterocycles. The zero-order valence-electron chi connectivity index (χ0n) is 18.4. The summed E-state index contributed by atoms with van der Waals surface area (Å²) in [7, 11) is 1.65. The van der Waals surface area contributed by atoms with Crippen molar-refractivity contribution in [2.45, 2.75) is 27.9 Å². The van der Waals surface area contributed by atoms with E-state index in [-0.39, 0.29) is 11.8 Å². The van der Waals surface area contributed by atoms with Gasteiger partial charge < -0.3 is 20.3 Å². The average molecular weight is 481 g/mol. The van der Waals surface area contributed by atoms with E-state index >= 15 is 0 Å². The van der Waals surface area contributed by atoms with E-state index in [1.165, 1.54) is 28.4 Å². The Hall–Kier alpha value is -2.62. The van der Waals surface area contributed by atoms with Gasteiger partial charge in [-0.2, -0.15) is 0 Å². The van der Waals surface area contributed by atoms with Crippen molar-refractivity contribution in [1.82, 2.24) is 14.8 Å². The Morgan fingerprint density at radius 3 is 2.52 bits per heavy atom. The van der Waals surface area contributed by atoms with E-state index in [0.29, 0.717) is 0 Å². The van der Waals surface area contributed by atoms with Gasteiger partial charge in [0.05, 0.1) is 5.41 Å². The summed E-state index contributed by atoms with van der Waals surface area (Å²) in [6.45, 7) is 0. The van der Waals surface area contributed by atoms with Gasteiger partial charge in [0.1, 0.15) is 12.3 Å². The molecule has 2 amide bonds. The summed E-state index contributed by atoms with van der Waals surface area (Å²) in [4.78, 5) is 32.8. The number of aromatic amines is 1. The maximum Gasteiger partial charge on any atom is 0.263 e. The maximum absolute atomic E-state index is 13.9. The van der Waals surface area contributed by atoms with Crippen LogP contribution < -0.4 is 5.32 Å². The fraction of sp³-hybridized carbons (Fsp3) is 0.333. The molecule has 0 spiro atoms. The summed E-state index contributed by atoms with van der Waals surface area (Å²) in [5.74, 6) is -0.431. The smallest absolute Gasteiger partial charge is 0.263 e. The van der Waals surface area contributed by atoms with Crippen molar-refractivity contribution in [2.75, 3.05) is 24.9 Å². The Morgan fingerprint density at radius 2 is 1.76 bits per heavy atom. The number of benzene rings is 2. The summed E-state index contributed by atoms with van der Waals surface area (Å²) in [6, 6.07) is 15.8. The molecule has 7 nitrogen and oxygen atoms in total. The van der Waals surface area contributed by atoms with Crippen LogP contribution in [0.4, 0.5) is 5.69 Å². The van der Waals surface area contributed by atoms with E-state index in [9.17, 15) is 14.7 Å². The number of carbonyl (C=O) groups excluding carboxylic acids is 2. The van der Waals surface area contributed by atoms with Gasteiger partial charge in [0, 0.05) is 29.8 Å². The average Bonchev–Trinajstić information content (AvgIpc) is 3.46. The lowest BCUT2D eigenvalue weighted by Gasteiger charge is -2.48. The van der Waals surface area contributed by atoms with E-state index < -0.39 is 27.9 Å². The van der Waals surface area contributed by atoms with Crippen LogP contribution >= 0.6 is 23.5 Å². The second-order valence-electron chi connectivity index (χ2n) is 8.72. The van der Waals surface area contributed by atoms with E-state index in [2.05, 4.69) is 10.3 Å². The number of hydrogen-bond acceptors (Lipinski definition) is 6. The van der Waals surface area contributed by atoms with Crippen LogP contribution in [0.25, 0.3) is 10.9 Å². The number of hydrogen-bond donors (Lipinski definition) is 3. The number of fused-ring (bicyclic) bond motifs is 6. The van der Waals surface area contributed by atoms with Crippen LogP contribution in [0.2, 0.25) is 0 Å². The Labute approximate surface area is 199 Å². The summed E-state index contributed by atoms with van der Waals surface area (Å²) in [5.41, 5.74) is 2.54. The second kappa shape index (κ2) is 6.94. The molecule has 2 saturated heterocycles. The minimum Gasteiger partial charge on any atom is -0.388 e. The number of amides is 2. The highest BCUT2D eigenvalue weighted by atomic mass is 32.2. The van der Waals surface area contributed by atoms with Crippen molar-refractivity contribution in [3.63, 3.8) is 0 Å². The van der Waals surface area contributed by atoms with Gasteiger partial charge >= 0.3 is 0 Å². The van der Waals surface area contributed by atoms with Crippen molar-refractivity contribution in [3.05, 3.63) is 65.9 Å². The van der Waals surface area contributed by atoms with Crippen molar-refractivity contribution in [2.24, 2.45) is 0 Å².